The van der Waals surface area contributed by atoms with Crippen LogP contribution in [0.1, 0.15) is 104 Å². The summed E-state index contributed by atoms with van der Waals surface area (Å²) >= 11 is 6.72. The van der Waals surface area contributed by atoms with Gasteiger partial charge in [0.2, 0.25) is 11.8 Å². The molecule has 3 N–H and O–H groups in total. The summed E-state index contributed by atoms with van der Waals surface area (Å²) in [4.78, 5) is 61.1. The zero-order valence-electron chi connectivity index (χ0n) is 32.6. The van der Waals surface area contributed by atoms with Crippen molar-refractivity contribution in [1.82, 2.24) is 39.1 Å². The molecule has 2 aromatic carbocycles. The van der Waals surface area contributed by atoms with Gasteiger partial charge in [-0.2, -0.15) is 5.10 Å². The third-order valence-corrected chi connectivity index (χ3v) is 12.0. The van der Waals surface area contributed by atoms with Crippen LogP contribution >= 0.6 is 11.6 Å². The summed E-state index contributed by atoms with van der Waals surface area (Å²) in [6.07, 6.45) is 12.6. The second-order valence-electron chi connectivity index (χ2n) is 15.5. The number of likely N-dealkylation sites (tertiary alicyclic amines) is 1. The first-order valence-corrected chi connectivity index (χ1v) is 20.3. The maximum Gasteiger partial charge on any atom is 0.329 e. The molecule has 2 aliphatic rings. The molecule has 2 saturated heterocycles. The molecule has 13 nitrogen and oxygen atoms in total. The summed E-state index contributed by atoms with van der Waals surface area (Å²) < 4.78 is 5.00. The zero-order chi connectivity index (χ0) is 39.8. The average Bonchev–Trinajstić information content (AvgIpc) is 3.96. The smallest absolute Gasteiger partial charge is 0.329 e. The number of piperidine rings is 1. The van der Waals surface area contributed by atoms with Crippen molar-refractivity contribution in [3.8, 4) is 0 Å². The van der Waals surface area contributed by atoms with Crippen molar-refractivity contribution in [3.05, 3.63) is 93.8 Å². The molecule has 296 valence electrons. The van der Waals surface area contributed by atoms with Crippen molar-refractivity contribution >= 4 is 73.0 Å². The third kappa shape index (κ3) is 7.78. The molecule has 2 atom stereocenters. The molecule has 8 rings (SSSR count). The number of halogens is 1. The van der Waals surface area contributed by atoms with Gasteiger partial charge in [0.1, 0.15) is 11.9 Å². The highest BCUT2D eigenvalue weighted by Crippen LogP contribution is 2.32. The molecular weight excluding hydrogens is 742 g/mol. The fourth-order valence-electron chi connectivity index (χ4n) is 8.46. The number of imidazole rings is 1. The molecule has 0 radical (unpaired) electrons. The summed E-state index contributed by atoms with van der Waals surface area (Å²) in [5.41, 5.74) is 6.41. The van der Waals surface area contributed by atoms with E-state index in [4.69, 9.17) is 16.7 Å². The van der Waals surface area contributed by atoms with Crippen LogP contribution in [0.25, 0.3) is 37.9 Å². The van der Waals surface area contributed by atoms with Crippen molar-refractivity contribution in [2.45, 2.75) is 89.8 Å². The Bertz CT molecular complexity index is 2610. The number of carbonyl (C=O) groups excluding carboxylic acids is 3. The Morgan fingerprint density at radius 2 is 1.72 bits per heavy atom. The molecule has 4 aromatic heterocycles. The maximum atomic E-state index is 13.4. The number of amides is 3. The van der Waals surface area contributed by atoms with Gasteiger partial charge >= 0.3 is 5.69 Å². The van der Waals surface area contributed by atoms with E-state index in [0.717, 1.165) is 91.1 Å². The number of H-pyrrole nitrogens is 1. The molecule has 3 amide bonds. The first-order chi connectivity index (χ1) is 27.5. The number of aryl methyl sites for hydroxylation is 3. The first kappa shape index (κ1) is 38.3. The quantitative estimate of drug-likeness (QED) is 0.0810. The van der Waals surface area contributed by atoms with E-state index in [1.165, 1.54) is 21.2 Å². The number of anilines is 1. The fourth-order valence-corrected chi connectivity index (χ4v) is 8.69. The second kappa shape index (κ2) is 16.1. The normalized spacial score (nSPS) is 18.0. The van der Waals surface area contributed by atoms with Crippen molar-refractivity contribution in [3.63, 3.8) is 0 Å². The molecule has 6 aromatic rings. The predicted molar refractivity (Wildman–Crippen MR) is 223 cm³/mol. The largest absolute Gasteiger partial charge is 0.357 e. The summed E-state index contributed by atoms with van der Waals surface area (Å²) in [7, 11) is 3.83. The van der Waals surface area contributed by atoms with Gasteiger partial charge in [-0.05, 0) is 94.9 Å². The first-order valence-electron chi connectivity index (χ1n) is 19.9. The maximum absolute atomic E-state index is 13.4. The number of hydrogen-bond acceptors (Lipinski definition) is 7. The van der Waals surface area contributed by atoms with Crippen LogP contribution in [0, 0.1) is 6.92 Å². The number of benzene rings is 2. The van der Waals surface area contributed by atoms with Crippen molar-refractivity contribution in [1.29, 1.82) is 0 Å². The summed E-state index contributed by atoms with van der Waals surface area (Å²) in [5.74, 6) is -0.469. The lowest BCUT2D eigenvalue weighted by molar-refractivity contribution is -0.135. The second-order valence-corrected chi connectivity index (χ2v) is 15.9. The number of hydrogen-bond donors (Lipinski definition) is 3. The van der Waals surface area contributed by atoms with E-state index in [1.54, 1.807) is 7.05 Å². The Morgan fingerprint density at radius 1 is 0.930 bits per heavy atom. The van der Waals surface area contributed by atoms with Crippen LogP contribution in [0.15, 0.2) is 65.6 Å². The minimum absolute atomic E-state index is 0.196. The van der Waals surface area contributed by atoms with Gasteiger partial charge in [-0.3, -0.25) is 38.4 Å². The Morgan fingerprint density at radius 3 is 2.53 bits per heavy atom. The molecule has 14 heteroatoms. The summed E-state index contributed by atoms with van der Waals surface area (Å²) in [6.45, 7) is 3.86. The van der Waals surface area contributed by atoms with E-state index < -0.39 is 11.9 Å². The highest BCUT2D eigenvalue weighted by atomic mass is 35.5. The van der Waals surface area contributed by atoms with Crippen LogP contribution in [-0.4, -0.2) is 65.1 Å². The molecule has 0 bridgehead atoms. The van der Waals surface area contributed by atoms with Crippen LogP contribution in [0.5, 0.6) is 0 Å². The molecule has 2 fully saturated rings. The number of unbranched alkanes of at least 4 members (excludes halogenated alkanes) is 5. The highest BCUT2D eigenvalue weighted by Gasteiger charge is 2.31. The van der Waals surface area contributed by atoms with Crippen LogP contribution in [-0.2, 0) is 23.2 Å². The molecule has 57 heavy (non-hydrogen) atoms. The van der Waals surface area contributed by atoms with Gasteiger partial charge in [0.15, 0.2) is 0 Å². The average molecular weight is 790 g/mol. The minimum Gasteiger partial charge on any atom is -0.357 e. The Kier molecular flexibility index (Phi) is 10.9. The summed E-state index contributed by atoms with van der Waals surface area (Å²) in [5, 5.41) is 12.8. The molecule has 0 aliphatic carbocycles. The topological polar surface area (TPSA) is 152 Å². The fraction of sp³-hybridized carbons (Fsp3) is 0.395. The molecule has 6 heterocycles. The number of nitrogens with zero attached hydrogens (tertiary/aromatic N) is 6. The van der Waals surface area contributed by atoms with E-state index in [0.29, 0.717) is 39.9 Å². The van der Waals surface area contributed by atoms with Crippen molar-refractivity contribution in [2.75, 3.05) is 18.9 Å². The van der Waals surface area contributed by atoms with Gasteiger partial charge in [0.05, 0.1) is 27.8 Å². The van der Waals surface area contributed by atoms with Gasteiger partial charge in [0.25, 0.3) is 5.91 Å². The molecule has 0 saturated carbocycles. The monoisotopic (exact) mass is 789 g/mol. The number of imide groups is 1. The molecular formula is C43H48ClN9O4. The number of allylic oxidation sites excluding steroid dienone is 1. The van der Waals surface area contributed by atoms with Crippen LogP contribution in [0.4, 0.5) is 5.82 Å². The lowest BCUT2D eigenvalue weighted by atomic mass is 10.1. The van der Waals surface area contributed by atoms with Crippen molar-refractivity contribution in [2.24, 2.45) is 7.05 Å². The molecule has 2 aliphatic heterocycles. The molecule has 0 spiro atoms. The predicted octanol–water partition coefficient (Wildman–Crippen LogP) is 7.49. The van der Waals surface area contributed by atoms with Gasteiger partial charge in [-0.1, -0.05) is 49.1 Å². The lowest BCUT2D eigenvalue weighted by Crippen LogP contribution is -2.44. The number of nitrogens with one attached hydrogen (secondary N) is 3. The molecule has 1 unspecified atom stereocenters. The van der Waals surface area contributed by atoms with Crippen molar-refractivity contribution < 1.29 is 14.4 Å². The van der Waals surface area contributed by atoms with E-state index in [9.17, 15) is 19.2 Å². The summed E-state index contributed by atoms with van der Waals surface area (Å²) in [6, 6.07) is 15.0. The number of fused-ring (bicyclic) bond motifs is 3. The van der Waals surface area contributed by atoms with Crippen LogP contribution < -0.4 is 16.3 Å². The van der Waals surface area contributed by atoms with E-state index in [-0.39, 0.29) is 23.9 Å². The standard InChI is InChI=1S/C43H48ClN9O4/c1-26-30-15-13-28(41(55)47-39-24-32-29(25-45-39)21-33(46-32)34-12-10-19-50(34)2)23-37(30)52(49-26)20-9-7-5-4-6-8-11-31(44)27-14-16-35-38(22-27)51(3)43(57)53(35)36-17-18-40(54)48-42(36)56/h11,13-16,21-25,34,36,46H,4-10,12,17-20H2,1-3H3,(H,45,47,55)(H,48,54,56)/t34-,36?/m1/s1. The van der Waals surface area contributed by atoms with Crippen LogP contribution in [0.3, 0.4) is 0 Å². The van der Waals surface area contributed by atoms with Crippen LogP contribution in [0.2, 0.25) is 0 Å². The highest BCUT2D eigenvalue weighted by molar-refractivity contribution is 6.48. The van der Waals surface area contributed by atoms with E-state index in [1.807, 2.05) is 66.3 Å². The lowest BCUT2D eigenvalue weighted by Gasteiger charge is -2.21. The Balaban J connectivity index is 0.822. The van der Waals surface area contributed by atoms with Gasteiger partial charge < -0.3 is 10.3 Å². The van der Waals surface area contributed by atoms with Gasteiger partial charge in [-0.25, -0.2) is 9.78 Å². The number of aromatic amines is 1. The number of aromatic nitrogens is 6. The van der Waals surface area contributed by atoms with E-state index >= 15 is 0 Å². The number of pyridine rings is 1. The number of rotatable bonds is 13. The third-order valence-electron chi connectivity index (χ3n) is 11.6. The Labute approximate surface area is 335 Å². The SMILES string of the molecule is Cc1nn(CCCCCCCC=C(Cl)c2ccc3c(c2)n(C)c(=O)n3C2CCC(=O)NC2=O)c2cc(C(=O)Nc3cc4[nH]c([C@H]5CCCN5C)cc4cn3)ccc12. The zero-order valence-corrected chi connectivity index (χ0v) is 33.4. The minimum atomic E-state index is -0.724. The Hall–Kier alpha value is -5.53. The van der Waals surface area contributed by atoms with Gasteiger partial charge in [0, 0.05) is 65.4 Å². The number of carbonyl (C=O) groups is 3. The van der Waals surface area contributed by atoms with E-state index in [2.05, 4.69) is 38.6 Å². The van der Waals surface area contributed by atoms with Gasteiger partial charge in [-0.15, -0.1) is 0 Å².